The zero-order valence-corrected chi connectivity index (χ0v) is 11.4. The minimum Gasteiger partial charge on any atom is -0.467 e. The first-order valence-corrected chi connectivity index (χ1v) is 6.82. The predicted molar refractivity (Wildman–Crippen MR) is 70.5 cm³/mol. The second-order valence-corrected chi connectivity index (χ2v) is 5.20. The van der Waals surface area contributed by atoms with Crippen molar-refractivity contribution in [3.05, 3.63) is 33.4 Å². The van der Waals surface area contributed by atoms with Gasteiger partial charge >= 0.3 is 5.97 Å². The Bertz CT molecular complexity index is 581. The highest BCUT2D eigenvalue weighted by atomic mass is 16.7. The van der Waals surface area contributed by atoms with Crippen LogP contribution in [0.5, 0.6) is 5.75 Å². The number of nitro benzene ring substituents is 1. The molecule has 0 atom stereocenters. The van der Waals surface area contributed by atoms with Gasteiger partial charge in [0.15, 0.2) is 6.79 Å². The van der Waals surface area contributed by atoms with Crippen molar-refractivity contribution in [3.8, 4) is 5.75 Å². The Morgan fingerprint density at radius 3 is 2.90 bits per heavy atom. The molecule has 112 valence electrons. The fourth-order valence-electron chi connectivity index (χ4n) is 2.40. The van der Waals surface area contributed by atoms with Gasteiger partial charge in [0, 0.05) is 23.3 Å². The first kappa shape index (κ1) is 13.8. The van der Waals surface area contributed by atoms with E-state index < -0.39 is 4.92 Å². The number of esters is 1. The summed E-state index contributed by atoms with van der Waals surface area (Å²) >= 11 is 0. The molecule has 0 N–H and O–H groups in total. The van der Waals surface area contributed by atoms with Crippen LogP contribution < -0.4 is 4.74 Å². The third-order valence-corrected chi connectivity index (χ3v) is 3.79. The topological polar surface area (TPSA) is 87.9 Å². The maximum atomic E-state index is 11.8. The second kappa shape index (κ2) is 5.69. The highest BCUT2D eigenvalue weighted by molar-refractivity contribution is 5.73. The number of benzene rings is 1. The van der Waals surface area contributed by atoms with Crippen LogP contribution in [0.3, 0.4) is 0 Å². The van der Waals surface area contributed by atoms with Crippen LogP contribution in [0.4, 0.5) is 5.69 Å². The third kappa shape index (κ3) is 2.82. The van der Waals surface area contributed by atoms with Crippen LogP contribution in [0, 0.1) is 16.0 Å². The van der Waals surface area contributed by atoms with E-state index in [1.807, 2.05) is 0 Å². The minimum atomic E-state index is -0.480. The quantitative estimate of drug-likeness (QED) is 0.481. The van der Waals surface area contributed by atoms with Gasteiger partial charge in [-0.2, -0.15) is 0 Å². The lowest BCUT2D eigenvalue weighted by Gasteiger charge is -2.24. The number of non-ortho nitro benzene ring substituents is 1. The molecule has 3 rings (SSSR count). The summed E-state index contributed by atoms with van der Waals surface area (Å²) in [4.78, 5) is 22.2. The Balaban J connectivity index is 1.80. The van der Waals surface area contributed by atoms with Crippen LogP contribution in [0.25, 0.3) is 0 Å². The molecule has 7 heteroatoms. The fraction of sp³-hybridized carbons (Fsp3) is 0.500. The standard InChI is InChI=1S/C14H15NO6/c16-14(9-2-1-3-9)20-7-11-5-12(15(17)18)4-10-6-19-8-21-13(10)11/h4-5,9H,1-3,6-8H2. The Kier molecular flexibility index (Phi) is 3.74. The number of hydrogen-bond acceptors (Lipinski definition) is 6. The largest absolute Gasteiger partial charge is 0.467 e. The minimum absolute atomic E-state index is 0.0145. The Morgan fingerprint density at radius 2 is 2.24 bits per heavy atom. The number of rotatable bonds is 4. The van der Waals surface area contributed by atoms with Crippen molar-refractivity contribution < 1.29 is 23.9 Å². The first-order valence-electron chi connectivity index (χ1n) is 6.82. The Hall–Kier alpha value is -2.15. The molecule has 0 aromatic heterocycles. The van der Waals surface area contributed by atoms with Gasteiger partial charge in [-0.15, -0.1) is 0 Å². The van der Waals surface area contributed by atoms with E-state index in [1.165, 1.54) is 12.1 Å². The Morgan fingerprint density at radius 1 is 1.43 bits per heavy atom. The summed E-state index contributed by atoms with van der Waals surface area (Å²) in [5.41, 5.74) is 1.05. The molecule has 1 aromatic carbocycles. The summed E-state index contributed by atoms with van der Waals surface area (Å²) in [5, 5.41) is 11.0. The number of nitro groups is 1. The van der Waals surface area contributed by atoms with Crippen molar-refractivity contribution >= 4 is 11.7 Å². The highest BCUT2D eigenvalue weighted by Crippen LogP contribution is 2.34. The maximum Gasteiger partial charge on any atom is 0.309 e. The van der Waals surface area contributed by atoms with Crippen molar-refractivity contribution in [2.24, 2.45) is 5.92 Å². The number of nitrogens with zero attached hydrogens (tertiary/aromatic N) is 1. The van der Waals surface area contributed by atoms with Gasteiger partial charge in [0.25, 0.3) is 5.69 Å². The lowest BCUT2D eigenvalue weighted by molar-refractivity contribution is -0.385. The summed E-state index contributed by atoms with van der Waals surface area (Å²) in [7, 11) is 0. The molecule has 1 fully saturated rings. The van der Waals surface area contributed by atoms with Gasteiger partial charge in [-0.05, 0) is 12.8 Å². The van der Waals surface area contributed by atoms with Gasteiger partial charge in [0.2, 0.25) is 0 Å². The SMILES string of the molecule is O=C(OCc1cc([N+](=O)[O-])cc2c1OCOC2)C1CCC1. The molecule has 0 unspecified atom stereocenters. The van der Waals surface area contributed by atoms with E-state index in [2.05, 4.69) is 0 Å². The molecule has 0 spiro atoms. The number of hydrogen-bond donors (Lipinski definition) is 0. The normalized spacial score (nSPS) is 17.3. The summed E-state index contributed by atoms with van der Waals surface area (Å²) in [6, 6.07) is 2.81. The van der Waals surface area contributed by atoms with Gasteiger partial charge in [0.05, 0.1) is 17.4 Å². The summed E-state index contributed by atoms with van der Waals surface area (Å²) in [5.74, 6) is 0.255. The van der Waals surface area contributed by atoms with Crippen molar-refractivity contribution in [2.45, 2.75) is 32.5 Å². The molecule has 7 nitrogen and oxygen atoms in total. The number of ether oxygens (including phenoxy) is 3. The van der Waals surface area contributed by atoms with E-state index >= 15 is 0 Å². The Labute approximate surface area is 120 Å². The monoisotopic (exact) mass is 293 g/mol. The average Bonchev–Trinajstić information content (AvgIpc) is 2.42. The zero-order chi connectivity index (χ0) is 14.8. The molecule has 0 amide bonds. The molecule has 1 aliphatic carbocycles. The number of carbonyl (C=O) groups excluding carboxylic acids is 1. The van der Waals surface area contributed by atoms with Gasteiger partial charge in [-0.3, -0.25) is 14.9 Å². The van der Waals surface area contributed by atoms with Gasteiger partial charge in [-0.25, -0.2) is 0 Å². The lowest BCUT2D eigenvalue weighted by atomic mass is 9.86. The van der Waals surface area contributed by atoms with Crippen LogP contribution in [-0.2, 0) is 27.5 Å². The lowest BCUT2D eigenvalue weighted by Crippen LogP contribution is -2.24. The van der Waals surface area contributed by atoms with Gasteiger partial charge < -0.3 is 14.2 Å². The molecule has 1 saturated carbocycles. The van der Waals surface area contributed by atoms with Gasteiger partial charge in [0.1, 0.15) is 12.4 Å². The second-order valence-electron chi connectivity index (χ2n) is 5.20. The summed E-state index contributed by atoms with van der Waals surface area (Å²) < 4.78 is 15.8. The number of fused-ring (bicyclic) bond motifs is 1. The molecular weight excluding hydrogens is 278 g/mol. The molecule has 1 heterocycles. The molecule has 0 bridgehead atoms. The molecule has 0 radical (unpaired) electrons. The zero-order valence-electron chi connectivity index (χ0n) is 11.4. The molecule has 21 heavy (non-hydrogen) atoms. The van der Waals surface area contributed by atoms with Gasteiger partial charge in [-0.1, -0.05) is 6.42 Å². The van der Waals surface area contributed by atoms with Crippen molar-refractivity contribution in [3.63, 3.8) is 0 Å². The molecule has 0 saturated heterocycles. The molecular formula is C14H15NO6. The van der Waals surface area contributed by atoms with E-state index in [4.69, 9.17) is 14.2 Å². The van der Waals surface area contributed by atoms with E-state index in [1.54, 1.807) is 0 Å². The van der Waals surface area contributed by atoms with Crippen molar-refractivity contribution in [1.29, 1.82) is 0 Å². The highest BCUT2D eigenvalue weighted by Gasteiger charge is 2.28. The van der Waals surface area contributed by atoms with Crippen LogP contribution >= 0.6 is 0 Å². The summed E-state index contributed by atoms with van der Waals surface area (Å²) in [6.45, 7) is 0.328. The van der Waals surface area contributed by atoms with Crippen LogP contribution in [0.15, 0.2) is 12.1 Å². The molecule has 1 aliphatic heterocycles. The predicted octanol–water partition coefficient (Wildman–Crippen LogP) is 2.30. The van der Waals surface area contributed by atoms with Crippen LogP contribution in [-0.4, -0.2) is 17.7 Å². The van der Waals surface area contributed by atoms with E-state index in [9.17, 15) is 14.9 Å². The smallest absolute Gasteiger partial charge is 0.309 e. The fourth-order valence-corrected chi connectivity index (χ4v) is 2.40. The van der Waals surface area contributed by atoms with Crippen LogP contribution in [0.2, 0.25) is 0 Å². The van der Waals surface area contributed by atoms with Crippen molar-refractivity contribution in [2.75, 3.05) is 6.79 Å². The van der Waals surface area contributed by atoms with E-state index in [-0.39, 0.29) is 37.6 Å². The maximum absolute atomic E-state index is 11.8. The number of carbonyl (C=O) groups is 1. The van der Waals surface area contributed by atoms with Crippen molar-refractivity contribution in [1.82, 2.24) is 0 Å². The molecule has 1 aromatic rings. The first-order chi connectivity index (χ1) is 10.1. The van der Waals surface area contributed by atoms with E-state index in [0.717, 1.165) is 19.3 Å². The average molecular weight is 293 g/mol. The third-order valence-electron chi connectivity index (χ3n) is 3.79. The molecule has 2 aliphatic rings. The van der Waals surface area contributed by atoms with Crippen LogP contribution in [0.1, 0.15) is 30.4 Å². The summed E-state index contributed by atoms with van der Waals surface area (Å²) in [6.07, 6.45) is 2.76. The van der Waals surface area contributed by atoms with E-state index in [0.29, 0.717) is 16.9 Å².